The number of sulfone groups is 1. The Bertz CT molecular complexity index is 708. The van der Waals surface area contributed by atoms with Crippen LogP contribution in [0.1, 0.15) is 18.9 Å². The third kappa shape index (κ3) is 3.33. The van der Waals surface area contributed by atoms with Crippen molar-refractivity contribution in [3.63, 3.8) is 0 Å². The molecule has 1 aromatic heterocycles. The van der Waals surface area contributed by atoms with Crippen molar-refractivity contribution in [1.29, 1.82) is 0 Å². The van der Waals surface area contributed by atoms with E-state index in [-0.39, 0.29) is 17.0 Å². The Morgan fingerprint density at radius 2 is 2.10 bits per heavy atom. The normalized spacial score (nSPS) is 24.2. The zero-order valence-corrected chi connectivity index (χ0v) is 12.8. The van der Waals surface area contributed by atoms with E-state index in [0.717, 1.165) is 11.3 Å². The van der Waals surface area contributed by atoms with Gasteiger partial charge in [0, 0.05) is 24.5 Å². The molecule has 1 atom stereocenters. The van der Waals surface area contributed by atoms with Gasteiger partial charge >= 0.3 is 0 Å². The van der Waals surface area contributed by atoms with Crippen LogP contribution >= 0.6 is 0 Å². The summed E-state index contributed by atoms with van der Waals surface area (Å²) in [6, 6.07) is 9.99. The van der Waals surface area contributed by atoms with E-state index in [9.17, 15) is 8.42 Å². The summed E-state index contributed by atoms with van der Waals surface area (Å²) in [7, 11) is -2.87. The highest BCUT2D eigenvalue weighted by Gasteiger charge is 2.37. The first kappa shape index (κ1) is 14.3. The molecule has 0 saturated carbocycles. The molecule has 3 rings (SSSR count). The predicted molar refractivity (Wildman–Crippen MR) is 82.1 cm³/mol. The Morgan fingerprint density at radius 3 is 2.67 bits per heavy atom. The van der Waals surface area contributed by atoms with Crippen molar-refractivity contribution in [3.8, 4) is 5.69 Å². The van der Waals surface area contributed by atoms with Gasteiger partial charge in [0.25, 0.3) is 0 Å². The topological polar surface area (TPSA) is 64.0 Å². The molecule has 112 valence electrons. The first-order valence-electron chi connectivity index (χ1n) is 7.00. The first-order chi connectivity index (χ1) is 9.96. The van der Waals surface area contributed by atoms with Crippen LogP contribution in [-0.4, -0.2) is 35.2 Å². The highest BCUT2D eigenvalue weighted by atomic mass is 32.2. The van der Waals surface area contributed by atoms with E-state index in [1.54, 1.807) is 6.20 Å². The summed E-state index contributed by atoms with van der Waals surface area (Å²) < 4.78 is 25.0. The smallest absolute Gasteiger partial charge is 0.152 e. The van der Waals surface area contributed by atoms with Crippen LogP contribution in [0, 0.1) is 0 Å². The minimum Gasteiger partial charge on any atom is -0.306 e. The number of rotatable bonds is 4. The molecule has 1 fully saturated rings. The largest absolute Gasteiger partial charge is 0.306 e. The summed E-state index contributed by atoms with van der Waals surface area (Å²) in [5.74, 6) is 0.514. The lowest BCUT2D eigenvalue weighted by molar-refractivity contribution is 0.395. The van der Waals surface area contributed by atoms with Crippen LogP contribution in [0.25, 0.3) is 5.69 Å². The number of hydrogen-bond acceptors (Lipinski definition) is 4. The monoisotopic (exact) mass is 305 g/mol. The molecule has 0 amide bonds. The van der Waals surface area contributed by atoms with Crippen molar-refractivity contribution in [1.82, 2.24) is 15.1 Å². The SMILES string of the molecule is CC1(NCc2ccc(-n3cccn3)cc2)CCS(=O)(=O)C1. The lowest BCUT2D eigenvalue weighted by Crippen LogP contribution is -2.42. The fraction of sp³-hybridized carbons (Fsp3) is 0.400. The van der Waals surface area contributed by atoms with Crippen molar-refractivity contribution in [2.24, 2.45) is 0 Å². The molecule has 2 aromatic rings. The van der Waals surface area contributed by atoms with E-state index in [1.807, 2.05) is 48.1 Å². The summed E-state index contributed by atoms with van der Waals surface area (Å²) in [5.41, 5.74) is 1.84. The number of aromatic nitrogens is 2. The molecule has 0 bridgehead atoms. The van der Waals surface area contributed by atoms with E-state index in [2.05, 4.69) is 10.4 Å². The van der Waals surface area contributed by atoms with Gasteiger partial charge in [0.15, 0.2) is 9.84 Å². The minimum absolute atomic E-state index is 0.228. The van der Waals surface area contributed by atoms with Crippen molar-refractivity contribution in [3.05, 3.63) is 48.3 Å². The molecule has 1 saturated heterocycles. The number of nitrogens with one attached hydrogen (secondary N) is 1. The van der Waals surface area contributed by atoms with E-state index in [4.69, 9.17) is 0 Å². The Balaban J connectivity index is 1.64. The van der Waals surface area contributed by atoms with Crippen LogP contribution < -0.4 is 5.32 Å². The summed E-state index contributed by atoms with van der Waals surface area (Å²) in [6.45, 7) is 2.65. The van der Waals surface area contributed by atoms with E-state index < -0.39 is 9.84 Å². The Labute approximate surface area is 124 Å². The van der Waals surface area contributed by atoms with Gasteiger partial charge in [-0.1, -0.05) is 12.1 Å². The average molecular weight is 305 g/mol. The maximum Gasteiger partial charge on any atom is 0.152 e. The van der Waals surface area contributed by atoms with Crippen LogP contribution in [0.2, 0.25) is 0 Å². The highest BCUT2D eigenvalue weighted by Crippen LogP contribution is 2.23. The zero-order valence-electron chi connectivity index (χ0n) is 12.0. The minimum atomic E-state index is -2.87. The average Bonchev–Trinajstić information content (AvgIpc) is 3.06. The van der Waals surface area contributed by atoms with Crippen molar-refractivity contribution >= 4 is 9.84 Å². The Kier molecular flexibility index (Phi) is 3.59. The molecule has 0 aliphatic carbocycles. The van der Waals surface area contributed by atoms with Gasteiger partial charge in [-0.3, -0.25) is 0 Å². The summed E-state index contributed by atoms with van der Waals surface area (Å²) in [6.07, 6.45) is 4.33. The second-order valence-corrected chi connectivity index (χ2v) is 8.06. The van der Waals surface area contributed by atoms with Gasteiger partial charge in [-0.2, -0.15) is 5.10 Å². The molecule has 0 radical (unpaired) electrons. The molecule has 1 aliphatic rings. The first-order valence-corrected chi connectivity index (χ1v) is 8.82. The summed E-state index contributed by atoms with van der Waals surface area (Å²) in [4.78, 5) is 0. The molecule has 21 heavy (non-hydrogen) atoms. The quantitative estimate of drug-likeness (QED) is 0.930. The summed E-state index contributed by atoms with van der Waals surface area (Å²) >= 11 is 0. The predicted octanol–water partition coefficient (Wildman–Crippen LogP) is 1.54. The fourth-order valence-electron chi connectivity index (χ4n) is 2.65. The van der Waals surface area contributed by atoms with E-state index in [1.165, 1.54) is 0 Å². The Hall–Kier alpha value is -1.66. The molecule has 1 N–H and O–H groups in total. The number of hydrogen-bond donors (Lipinski definition) is 1. The zero-order chi connectivity index (χ0) is 14.9. The Morgan fingerprint density at radius 1 is 1.33 bits per heavy atom. The lowest BCUT2D eigenvalue weighted by Gasteiger charge is -2.24. The third-order valence-corrected chi connectivity index (χ3v) is 5.83. The van der Waals surface area contributed by atoms with E-state index >= 15 is 0 Å². The van der Waals surface area contributed by atoms with Crippen LogP contribution in [0.5, 0.6) is 0 Å². The molecular weight excluding hydrogens is 286 g/mol. The molecule has 1 aliphatic heterocycles. The van der Waals surface area contributed by atoms with Gasteiger partial charge in [-0.25, -0.2) is 13.1 Å². The maximum absolute atomic E-state index is 11.6. The van der Waals surface area contributed by atoms with Gasteiger partial charge < -0.3 is 5.32 Å². The third-order valence-electron chi connectivity index (χ3n) is 3.93. The van der Waals surface area contributed by atoms with Gasteiger partial charge in [0.2, 0.25) is 0 Å². The molecule has 1 unspecified atom stereocenters. The highest BCUT2D eigenvalue weighted by molar-refractivity contribution is 7.91. The molecular formula is C15H19N3O2S. The van der Waals surface area contributed by atoms with Gasteiger partial charge in [-0.15, -0.1) is 0 Å². The van der Waals surface area contributed by atoms with Crippen molar-refractivity contribution in [2.45, 2.75) is 25.4 Å². The van der Waals surface area contributed by atoms with Crippen LogP contribution in [-0.2, 0) is 16.4 Å². The summed E-state index contributed by atoms with van der Waals surface area (Å²) in [5, 5.41) is 7.57. The van der Waals surface area contributed by atoms with Gasteiger partial charge in [0.1, 0.15) is 0 Å². The number of nitrogens with zero attached hydrogens (tertiary/aromatic N) is 2. The maximum atomic E-state index is 11.6. The van der Waals surface area contributed by atoms with Gasteiger partial charge in [-0.05, 0) is 37.1 Å². The van der Waals surface area contributed by atoms with Crippen molar-refractivity contribution < 1.29 is 8.42 Å². The second kappa shape index (κ2) is 5.27. The standard InChI is InChI=1S/C15H19N3O2S/c1-15(7-10-21(19,20)12-15)16-11-13-3-5-14(6-4-13)18-9-2-8-17-18/h2-6,8-9,16H,7,10-12H2,1H3. The molecule has 2 heterocycles. The number of benzene rings is 1. The lowest BCUT2D eigenvalue weighted by atomic mass is 10.0. The van der Waals surface area contributed by atoms with Crippen molar-refractivity contribution in [2.75, 3.05) is 11.5 Å². The second-order valence-electron chi connectivity index (χ2n) is 5.87. The molecule has 6 heteroatoms. The molecule has 5 nitrogen and oxygen atoms in total. The van der Waals surface area contributed by atoms with Crippen LogP contribution in [0.3, 0.4) is 0 Å². The van der Waals surface area contributed by atoms with Gasteiger partial charge in [0.05, 0.1) is 17.2 Å². The van der Waals surface area contributed by atoms with Crippen LogP contribution in [0.4, 0.5) is 0 Å². The molecule has 1 aromatic carbocycles. The van der Waals surface area contributed by atoms with Crippen LogP contribution in [0.15, 0.2) is 42.7 Å². The molecule has 0 spiro atoms. The fourth-order valence-corrected chi connectivity index (χ4v) is 4.78. The van der Waals surface area contributed by atoms with E-state index in [0.29, 0.717) is 13.0 Å².